The first-order chi connectivity index (χ1) is 11.0. The van der Waals surface area contributed by atoms with Crippen LogP contribution in [0.15, 0.2) is 42.5 Å². The second kappa shape index (κ2) is 7.70. The van der Waals surface area contributed by atoms with Crippen LogP contribution in [0.3, 0.4) is 0 Å². The van der Waals surface area contributed by atoms with Crippen molar-refractivity contribution in [2.75, 3.05) is 7.11 Å². The van der Waals surface area contributed by atoms with Gasteiger partial charge in [0.25, 0.3) is 0 Å². The molecule has 2 aromatic carbocycles. The molecule has 0 spiro atoms. The molecule has 0 aliphatic rings. The highest BCUT2D eigenvalue weighted by Gasteiger charge is 2.12. The Morgan fingerprint density at radius 1 is 1.30 bits per heavy atom. The SMILES string of the molecule is COc1cc(C=CC(=O)O)cc(Cl)c1OCc1ccccc1C. The molecule has 5 heteroatoms. The van der Waals surface area contributed by atoms with Gasteiger partial charge in [-0.05, 0) is 41.8 Å². The summed E-state index contributed by atoms with van der Waals surface area (Å²) in [5.41, 5.74) is 2.81. The molecule has 0 heterocycles. The maximum atomic E-state index is 10.6. The van der Waals surface area contributed by atoms with Crippen LogP contribution < -0.4 is 9.47 Å². The molecule has 120 valence electrons. The van der Waals surface area contributed by atoms with Crippen LogP contribution in [-0.2, 0) is 11.4 Å². The van der Waals surface area contributed by atoms with Crippen LogP contribution >= 0.6 is 11.6 Å². The molecule has 0 bridgehead atoms. The normalized spacial score (nSPS) is 10.7. The first kappa shape index (κ1) is 16.9. The number of aryl methyl sites for hydroxylation is 1. The zero-order valence-corrected chi connectivity index (χ0v) is 13.6. The minimum Gasteiger partial charge on any atom is -0.493 e. The van der Waals surface area contributed by atoms with Gasteiger partial charge in [-0.1, -0.05) is 35.9 Å². The van der Waals surface area contributed by atoms with Crippen LogP contribution in [0, 0.1) is 6.92 Å². The monoisotopic (exact) mass is 332 g/mol. The fraction of sp³-hybridized carbons (Fsp3) is 0.167. The highest BCUT2D eigenvalue weighted by molar-refractivity contribution is 6.32. The Morgan fingerprint density at radius 2 is 2.04 bits per heavy atom. The third-order valence-electron chi connectivity index (χ3n) is 3.30. The van der Waals surface area contributed by atoms with Crippen LogP contribution in [0.4, 0.5) is 0 Å². The minimum atomic E-state index is -1.03. The third kappa shape index (κ3) is 4.50. The Kier molecular flexibility index (Phi) is 5.66. The lowest BCUT2D eigenvalue weighted by atomic mass is 10.1. The fourth-order valence-corrected chi connectivity index (χ4v) is 2.34. The Bertz CT molecular complexity index is 738. The molecule has 0 aromatic heterocycles. The highest BCUT2D eigenvalue weighted by Crippen LogP contribution is 2.37. The molecule has 1 N–H and O–H groups in total. The lowest BCUT2D eigenvalue weighted by Gasteiger charge is -2.14. The first-order valence-corrected chi connectivity index (χ1v) is 7.35. The zero-order valence-electron chi connectivity index (χ0n) is 12.9. The molecule has 4 nitrogen and oxygen atoms in total. The molecule has 0 saturated heterocycles. The van der Waals surface area contributed by atoms with E-state index in [1.165, 1.54) is 13.2 Å². The van der Waals surface area contributed by atoms with Gasteiger partial charge in [-0.3, -0.25) is 0 Å². The number of carboxylic acids is 1. The number of benzene rings is 2. The predicted octanol–water partition coefficient (Wildman–Crippen LogP) is 4.33. The molecule has 0 saturated carbocycles. The van der Waals surface area contributed by atoms with Crippen molar-refractivity contribution in [1.82, 2.24) is 0 Å². The Balaban J connectivity index is 2.24. The summed E-state index contributed by atoms with van der Waals surface area (Å²) < 4.78 is 11.1. The number of hydrogen-bond donors (Lipinski definition) is 1. The predicted molar refractivity (Wildman–Crippen MR) is 90.2 cm³/mol. The van der Waals surface area contributed by atoms with Crippen molar-refractivity contribution in [3.05, 3.63) is 64.2 Å². The summed E-state index contributed by atoms with van der Waals surface area (Å²) in [5.74, 6) is -0.138. The van der Waals surface area contributed by atoms with Crippen molar-refractivity contribution in [2.24, 2.45) is 0 Å². The molecular formula is C18H17ClO4. The Hall–Kier alpha value is -2.46. The van der Waals surface area contributed by atoms with Gasteiger partial charge >= 0.3 is 5.97 Å². The molecule has 0 unspecified atom stereocenters. The molecule has 0 fully saturated rings. The van der Waals surface area contributed by atoms with E-state index in [1.807, 2.05) is 31.2 Å². The number of carboxylic acid groups (broad SMARTS) is 1. The van der Waals surface area contributed by atoms with Crippen molar-refractivity contribution in [3.63, 3.8) is 0 Å². The lowest BCUT2D eigenvalue weighted by Crippen LogP contribution is -2.00. The highest BCUT2D eigenvalue weighted by atomic mass is 35.5. The van der Waals surface area contributed by atoms with E-state index >= 15 is 0 Å². The minimum absolute atomic E-state index is 0.364. The van der Waals surface area contributed by atoms with Crippen LogP contribution in [0.5, 0.6) is 11.5 Å². The molecule has 0 amide bonds. The second-order valence-electron chi connectivity index (χ2n) is 4.92. The van der Waals surface area contributed by atoms with Crippen LogP contribution in [0.25, 0.3) is 6.08 Å². The van der Waals surface area contributed by atoms with Gasteiger partial charge in [-0.25, -0.2) is 4.79 Å². The largest absolute Gasteiger partial charge is 0.493 e. The molecule has 0 radical (unpaired) electrons. The smallest absolute Gasteiger partial charge is 0.328 e. The van der Waals surface area contributed by atoms with E-state index in [4.69, 9.17) is 26.2 Å². The maximum Gasteiger partial charge on any atom is 0.328 e. The Morgan fingerprint density at radius 3 is 2.70 bits per heavy atom. The van der Waals surface area contributed by atoms with E-state index in [1.54, 1.807) is 12.1 Å². The van der Waals surface area contributed by atoms with Gasteiger partial charge in [0.1, 0.15) is 6.61 Å². The number of halogens is 1. The summed E-state index contributed by atoms with van der Waals surface area (Å²) >= 11 is 6.25. The number of rotatable bonds is 6. The van der Waals surface area contributed by atoms with E-state index in [0.717, 1.165) is 17.2 Å². The van der Waals surface area contributed by atoms with E-state index < -0.39 is 5.97 Å². The van der Waals surface area contributed by atoms with Crippen LogP contribution in [-0.4, -0.2) is 18.2 Å². The molecule has 2 aromatic rings. The van der Waals surface area contributed by atoms with Gasteiger partial charge in [0.05, 0.1) is 12.1 Å². The van der Waals surface area contributed by atoms with Gasteiger partial charge in [0.15, 0.2) is 11.5 Å². The van der Waals surface area contributed by atoms with Gasteiger partial charge in [-0.2, -0.15) is 0 Å². The van der Waals surface area contributed by atoms with Crippen molar-refractivity contribution < 1.29 is 19.4 Å². The van der Waals surface area contributed by atoms with Crippen molar-refractivity contribution >= 4 is 23.6 Å². The number of ether oxygens (including phenoxy) is 2. The van der Waals surface area contributed by atoms with Gasteiger partial charge in [0, 0.05) is 6.08 Å². The summed E-state index contributed by atoms with van der Waals surface area (Å²) in [4.78, 5) is 10.6. The molecule has 0 aliphatic carbocycles. The summed E-state index contributed by atoms with van der Waals surface area (Å²) in [6, 6.07) is 11.2. The zero-order chi connectivity index (χ0) is 16.8. The van der Waals surface area contributed by atoms with Gasteiger partial charge < -0.3 is 14.6 Å². The van der Waals surface area contributed by atoms with Crippen molar-refractivity contribution in [1.29, 1.82) is 0 Å². The summed E-state index contributed by atoms with van der Waals surface area (Å²) in [6.07, 6.45) is 2.49. The van der Waals surface area contributed by atoms with Crippen LogP contribution in [0.1, 0.15) is 16.7 Å². The van der Waals surface area contributed by atoms with Gasteiger partial charge in [-0.15, -0.1) is 0 Å². The number of carbonyl (C=O) groups is 1. The fourth-order valence-electron chi connectivity index (χ4n) is 2.07. The molecule has 0 aliphatic heterocycles. The van der Waals surface area contributed by atoms with E-state index in [-0.39, 0.29) is 0 Å². The molecule has 23 heavy (non-hydrogen) atoms. The average Bonchev–Trinajstić information content (AvgIpc) is 2.52. The quantitative estimate of drug-likeness (QED) is 0.800. The van der Waals surface area contributed by atoms with Crippen molar-refractivity contribution in [2.45, 2.75) is 13.5 Å². The van der Waals surface area contributed by atoms with E-state index in [0.29, 0.717) is 28.7 Å². The first-order valence-electron chi connectivity index (χ1n) is 6.97. The number of aliphatic carboxylic acids is 1. The van der Waals surface area contributed by atoms with Crippen LogP contribution in [0.2, 0.25) is 5.02 Å². The number of methoxy groups -OCH3 is 1. The third-order valence-corrected chi connectivity index (χ3v) is 3.58. The Labute approximate surface area is 139 Å². The maximum absolute atomic E-state index is 10.6. The summed E-state index contributed by atoms with van der Waals surface area (Å²) in [5, 5.41) is 9.05. The average molecular weight is 333 g/mol. The summed E-state index contributed by atoms with van der Waals surface area (Å²) in [6.45, 7) is 2.38. The van der Waals surface area contributed by atoms with E-state index in [2.05, 4.69) is 0 Å². The number of hydrogen-bond acceptors (Lipinski definition) is 3. The van der Waals surface area contributed by atoms with Crippen molar-refractivity contribution in [3.8, 4) is 11.5 Å². The molecule has 0 atom stereocenters. The van der Waals surface area contributed by atoms with Gasteiger partial charge in [0.2, 0.25) is 0 Å². The topological polar surface area (TPSA) is 55.8 Å². The molecule has 2 rings (SSSR count). The second-order valence-corrected chi connectivity index (χ2v) is 5.33. The van der Waals surface area contributed by atoms with E-state index in [9.17, 15) is 4.79 Å². The standard InChI is InChI=1S/C18H17ClO4/c1-12-5-3-4-6-14(12)11-23-18-15(19)9-13(7-8-17(20)21)10-16(18)22-2/h3-10H,11H2,1-2H3,(H,20,21). The summed E-state index contributed by atoms with van der Waals surface area (Å²) in [7, 11) is 1.51. The lowest BCUT2D eigenvalue weighted by molar-refractivity contribution is -0.131. The molecular weight excluding hydrogens is 316 g/mol.